The van der Waals surface area contributed by atoms with E-state index in [1.165, 1.54) is 5.56 Å². The van der Waals surface area contributed by atoms with Crippen LogP contribution in [0.4, 0.5) is 0 Å². The molecule has 0 unspecified atom stereocenters. The monoisotopic (exact) mass is 282 g/mol. The minimum atomic E-state index is 0. The summed E-state index contributed by atoms with van der Waals surface area (Å²) in [5.41, 5.74) is 1.33. The molecule has 0 saturated carbocycles. The summed E-state index contributed by atoms with van der Waals surface area (Å²) in [7, 11) is 0. The summed E-state index contributed by atoms with van der Waals surface area (Å²) in [6.07, 6.45) is 2.89. The summed E-state index contributed by atoms with van der Waals surface area (Å²) >= 11 is 8.12. The molecule has 86 valence electrons. The second-order valence-electron chi connectivity index (χ2n) is 2.68. The molecule has 1 rings (SSSR count). The van der Waals surface area contributed by atoms with Crippen molar-refractivity contribution in [1.29, 1.82) is 0 Å². The Hall–Kier alpha value is 0.460. The number of hydrogen-bond acceptors (Lipinski definition) is 2. The van der Waals surface area contributed by atoms with Gasteiger partial charge in [0.05, 0.1) is 6.61 Å². The van der Waals surface area contributed by atoms with E-state index in [2.05, 4.69) is 48.3 Å². The fraction of sp³-hybridized carbons (Fsp3) is 0.250. The Balaban J connectivity index is -0.0000000992. The molecule has 0 radical (unpaired) electrons. The zero-order valence-electron chi connectivity index (χ0n) is 11.6. The van der Waals surface area contributed by atoms with E-state index < -0.39 is 0 Å². The van der Waals surface area contributed by atoms with Crippen molar-refractivity contribution in [2.75, 3.05) is 6.61 Å². The van der Waals surface area contributed by atoms with Gasteiger partial charge < -0.3 is 7.59 Å². The van der Waals surface area contributed by atoms with E-state index in [1.807, 2.05) is 31.2 Å². The van der Waals surface area contributed by atoms with Gasteiger partial charge in [0.15, 0.2) is 0 Å². The number of thiol groups is 1. The minimum Gasteiger partial charge on any atom is -1.00 e. The molecule has 0 fully saturated rings. The molecule has 0 amide bonds. The number of ether oxygens (including phenoxy) is 1. The predicted molar refractivity (Wildman–Crippen MR) is 81.5 cm³/mol. The maximum Gasteiger partial charge on any atom is 2.00 e. The van der Waals surface area contributed by atoms with Crippen LogP contribution in [0.2, 0.25) is 0 Å². The molecule has 4 heteroatoms. The number of rotatable bonds is 3. The maximum atomic E-state index is 4.64. The summed E-state index contributed by atoms with van der Waals surface area (Å²) in [5.74, 6) is 0. The van der Waals surface area contributed by atoms with Crippen LogP contribution in [0.1, 0.15) is 15.3 Å². The van der Waals surface area contributed by atoms with Crippen molar-refractivity contribution in [1.82, 2.24) is 0 Å². The van der Waals surface area contributed by atoms with Crippen LogP contribution in [0.5, 0.6) is 0 Å². The van der Waals surface area contributed by atoms with Gasteiger partial charge in [0.2, 0.25) is 4.38 Å². The molecular formula is C12H18CaOS2. The Morgan fingerprint density at radius 2 is 2.06 bits per heavy atom. The van der Waals surface area contributed by atoms with Crippen LogP contribution in [0, 0.1) is 0 Å². The van der Waals surface area contributed by atoms with E-state index in [0.717, 1.165) is 6.42 Å². The van der Waals surface area contributed by atoms with Crippen molar-refractivity contribution < 1.29 is 7.59 Å². The number of benzene rings is 1. The summed E-state index contributed by atoms with van der Waals surface area (Å²) in [5, 5.41) is 0. The second kappa shape index (κ2) is 13.5. The second-order valence-corrected chi connectivity index (χ2v) is 3.76. The SMILES string of the molecule is C=CCc1ccccc1.CCOC(=S)S.[Ca+2].[H-].[H-]. The smallest absolute Gasteiger partial charge is 1.00 e. The van der Waals surface area contributed by atoms with E-state index in [9.17, 15) is 0 Å². The first-order valence-corrected chi connectivity index (χ1v) is 5.56. The topological polar surface area (TPSA) is 9.23 Å². The van der Waals surface area contributed by atoms with Crippen molar-refractivity contribution in [3.63, 3.8) is 0 Å². The number of thiocarbonyl (C=S) groups is 1. The third kappa shape index (κ3) is 12.5. The zero-order chi connectivity index (χ0) is 11.5. The van der Waals surface area contributed by atoms with Crippen molar-refractivity contribution in [2.45, 2.75) is 13.3 Å². The van der Waals surface area contributed by atoms with Crippen LogP contribution in [-0.4, -0.2) is 48.7 Å². The van der Waals surface area contributed by atoms with Crippen molar-refractivity contribution >= 4 is 67.0 Å². The van der Waals surface area contributed by atoms with E-state index in [-0.39, 0.29) is 40.6 Å². The molecule has 0 heterocycles. The average molecular weight is 282 g/mol. The first kappa shape index (κ1) is 18.8. The van der Waals surface area contributed by atoms with Crippen LogP contribution in [0.15, 0.2) is 43.0 Å². The van der Waals surface area contributed by atoms with Crippen molar-refractivity contribution in [3.05, 3.63) is 48.6 Å². The minimum absolute atomic E-state index is 0. The number of hydrogen-bond donors (Lipinski definition) is 1. The van der Waals surface area contributed by atoms with Gasteiger partial charge in [-0.25, -0.2) is 0 Å². The predicted octanol–water partition coefficient (Wildman–Crippen LogP) is 3.50. The van der Waals surface area contributed by atoms with Crippen LogP contribution in [0.25, 0.3) is 0 Å². The third-order valence-corrected chi connectivity index (χ3v) is 1.74. The van der Waals surface area contributed by atoms with Crippen molar-refractivity contribution in [3.8, 4) is 0 Å². The van der Waals surface area contributed by atoms with Crippen LogP contribution in [0.3, 0.4) is 0 Å². The molecule has 1 nitrogen and oxygen atoms in total. The molecule has 16 heavy (non-hydrogen) atoms. The van der Waals surface area contributed by atoms with Crippen molar-refractivity contribution in [2.24, 2.45) is 0 Å². The molecule has 0 N–H and O–H groups in total. The first-order valence-electron chi connectivity index (χ1n) is 4.71. The van der Waals surface area contributed by atoms with Gasteiger partial charge in [-0.05, 0) is 31.1 Å². The molecule has 0 aromatic heterocycles. The molecule has 0 atom stereocenters. The van der Waals surface area contributed by atoms with Gasteiger partial charge in [-0.3, -0.25) is 0 Å². The Morgan fingerprint density at radius 1 is 1.50 bits per heavy atom. The largest absolute Gasteiger partial charge is 2.00 e. The fourth-order valence-corrected chi connectivity index (χ4v) is 1.15. The Morgan fingerprint density at radius 3 is 2.38 bits per heavy atom. The molecule has 0 spiro atoms. The van der Waals surface area contributed by atoms with Crippen LogP contribution >= 0.6 is 24.8 Å². The summed E-state index contributed by atoms with van der Waals surface area (Å²) in [4.78, 5) is 0. The standard InChI is InChI=1S/C9H10.C3H6OS2.Ca.2H/c1-2-6-9-7-4-3-5-8-9;1-2-4-3(5)6;;;/h2-5,7-8H,1,6H2;2H2,1H3,(H,5,6);;;/q;;+2;2*-1. The average Bonchev–Trinajstić information content (AvgIpc) is 2.20. The maximum absolute atomic E-state index is 4.64. The molecule has 1 aromatic carbocycles. The normalized spacial score (nSPS) is 7.88. The van der Waals surface area contributed by atoms with Gasteiger partial charge in [0, 0.05) is 0 Å². The van der Waals surface area contributed by atoms with Gasteiger partial charge >= 0.3 is 37.7 Å². The molecule has 0 saturated heterocycles. The van der Waals surface area contributed by atoms with Crippen LogP contribution < -0.4 is 0 Å². The fourth-order valence-electron chi connectivity index (χ4n) is 0.904. The van der Waals surface area contributed by atoms with Gasteiger partial charge in [0.1, 0.15) is 0 Å². The Labute approximate surface area is 142 Å². The molecule has 0 aliphatic rings. The van der Waals surface area contributed by atoms with Gasteiger partial charge in [0.25, 0.3) is 0 Å². The molecular weight excluding hydrogens is 264 g/mol. The summed E-state index contributed by atoms with van der Waals surface area (Å²) in [6.45, 7) is 6.13. The van der Waals surface area contributed by atoms with E-state index in [1.54, 1.807) is 0 Å². The van der Waals surface area contributed by atoms with E-state index in [4.69, 9.17) is 0 Å². The quantitative estimate of drug-likeness (QED) is 0.393. The zero-order valence-corrected chi connectivity index (χ0v) is 13.5. The summed E-state index contributed by atoms with van der Waals surface area (Å²) < 4.78 is 4.95. The van der Waals surface area contributed by atoms with Gasteiger partial charge in [-0.1, -0.05) is 49.0 Å². The molecule has 0 aliphatic heterocycles. The molecule has 0 aliphatic carbocycles. The Kier molecular flexibility index (Phi) is 15.9. The Bertz CT molecular complexity index is 297. The van der Waals surface area contributed by atoms with E-state index >= 15 is 0 Å². The van der Waals surface area contributed by atoms with E-state index in [0.29, 0.717) is 11.0 Å². The van der Waals surface area contributed by atoms with Gasteiger partial charge in [-0.2, -0.15) is 0 Å². The summed E-state index contributed by atoms with van der Waals surface area (Å²) in [6, 6.07) is 10.3. The van der Waals surface area contributed by atoms with Crippen LogP contribution in [-0.2, 0) is 11.2 Å². The third-order valence-electron chi connectivity index (χ3n) is 1.49. The molecule has 1 aromatic rings. The van der Waals surface area contributed by atoms with Gasteiger partial charge in [-0.15, -0.1) is 6.58 Å². The molecule has 0 bridgehead atoms. The number of allylic oxidation sites excluding steroid dienone is 1. The first-order chi connectivity index (χ1) is 7.20.